The highest BCUT2D eigenvalue weighted by Gasteiger charge is 1.85. The highest BCUT2D eigenvalue weighted by atomic mass is 16.5. The number of ether oxygens (including phenoxy) is 1. The van der Waals surface area contributed by atoms with Crippen molar-refractivity contribution in [2.45, 2.75) is 20.8 Å². The Kier molecular flexibility index (Phi) is 14.7. The van der Waals surface area contributed by atoms with Crippen LogP contribution in [0.15, 0.2) is 36.5 Å². The van der Waals surface area contributed by atoms with E-state index >= 15 is 0 Å². The first-order valence-corrected chi connectivity index (χ1v) is 4.28. The highest BCUT2D eigenvalue weighted by molar-refractivity contribution is 5.22. The molecule has 0 bridgehead atoms. The van der Waals surface area contributed by atoms with Crippen LogP contribution in [0.4, 0.5) is 0 Å². The number of rotatable bonds is 4. The normalized spacial score (nSPS) is 10.8. The van der Waals surface area contributed by atoms with Gasteiger partial charge in [0, 0.05) is 7.11 Å². The predicted octanol–water partition coefficient (Wildman–Crippen LogP) is 3.35. The van der Waals surface area contributed by atoms with Gasteiger partial charge in [-0.1, -0.05) is 44.7 Å². The molecule has 0 radical (unpaired) electrons. The van der Waals surface area contributed by atoms with Gasteiger partial charge in [-0.25, -0.2) is 0 Å². The predicted molar refractivity (Wildman–Crippen MR) is 56.3 cm³/mol. The van der Waals surface area contributed by atoms with E-state index in [0.29, 0.717) is 6.61 Å². The topological polar surface area (TPSA) is 9.23 Å². The van der Waals surface area contributed by atoms with Crippen molar-refractivity contribution in [2.24, 2.45) is 0 Å². The maximum Gasteiger partial charge on any atom is 0.0712 e. The summed E-state index contributed by atoms with van der Waals surface area (Å²) in [6.07, 6.45) is 7.68. The summed E-state index contributed by atoms with van der Waals surface area (Å²) in [4.78, 5) is 0. The number of hydrogen-bond acceptors (Lipinski definition) is 1. The molecule has 0 aliphatic heterocycles. The minimum absolute atomic E-state index is 0.649. The average molecular weight is 168 g/mol. The fourth-order valence-electron chi connectivity index (χ4n) is 0.684. The molecule has 0 aliphatic rings. The molecule has 1 nitrogen and oxygen atoms in total. The van der Waals surface area contributed by atoms with Gasteiger partial charge in [0.25, 0.3) is 0 Å². The molecule has 1 heteroatoms. The largest absolute Gasteiger partial charge is 0.380 e. The second kappa shape index (κ2) is 12.8. The molecule has 0 unspecified atom stereocenters. The van der Waals surface area contributed by atoms with E-state index in [1.165, 1.54) is 0 Å². The van der Waals surface area contributed by atoms with Gasteiger partial charge in [0.05, 0.1) is 6.61 Å². The van der Waals surface area contributed by atoms with Gasteiger partial charge in [-0.15, -0.1) is 0 Å². The van der Waals surface area contributed by atoms with Crippen molar-refractivity contribution in [3.05, 3.63) is 36.5 Å². The van der Waals surface area contributed by atoms with Gasteiger partial charge in [-0.05, 0) is 12.5 Å². The van der Waals surface area contributed by atoms with E-state index in [9.17, 15) is 0 Å². The summed E-state index contributed by atoms with van der Waals surface area (Å²) in [5.74, 6) is 0. The molecule has 0 heterocycles. The summed E-state index contributed by atoms with van der Waals surface area (Å²) in [6, 6.07) is 0. The molecule has 0 saturated heterocycles. The molecule has 0 aromatic heterocycles. The smallest absolute Gasteiger partial charge is 0.0712 e. The summed E-state index contributed by atoms with van der Waals surface area (Å²) in [7, 11) is 1.68. The molecular weight excluding hydrogens is 148 g/mol. The molecule has 0 amide bonds. The Bertz CT molecular complexity index is 143. The van der Waals surface area contributed by atoms with Crippen LogP contribution in [0.25, 0.3) is 0 Å². The van der Waals surface area contributed by atoms with Crippen LogP contribution in [0, 0.1) is 0 Å². The molecule has 0 saturated carbocycles. The van der Waals surface area contributed by atoms with E-state index in [1.54, 1.807) is 13.2 Å². The van der Waals surface area contributed by atoms with Crippen LogP contribution in [0.5, 0.6) is 0 Å². The van der Waals surface area contributed by atoms with Crippen molar-refractivity contribution in [1.29, 1.82) is 0 Å². The molecule has 0 aromatic rings. The molecule has 70 valence electrons. The van der Waals surface area contributed by atoms with Gasteiger partial charge in [0.15, 0.2) is 0 Å². The lowest BCUT2D eigenvalue weighted by Gasteiger charge is -1.96. The number of methoxy groups -OCH3 is 1. The molecule has 0 N–H and O–H groups in total. The minimum Gasteiger partial charge on any atom is -0.380 e. The lowest BCUT2D eigenvalue weighted by molar-refractivity contribution is 0.228. The first-order chi connectivity index (χ1) is 5.85. The van der Waals surface area contributed by atoms with E-state index in [-0.39, 0.29) is 0 Å². The number of allylic oxidation sites excluding steroid dienone is 3. The minimum atomic E-state index is 0.649. The van der Waals surface area contributed by atoms with Crippen LogP contribution in [-0.2, 0) is 4.74 Å². The molecule has 0 aromatic carbocycles. The van der Waals surface area contributed by atoms with Crippen LogP contribution < -0.4 is 0 Å². The van der Waals surface area contributed by atoms with E-state index < -0.39 is 0 Å². The van der Waals surface area contributed by atoms with Crippen LogP contribution in [0.3, 0.4) is 0 Å². The van der Waals surface area contributed by atoms with E-state index in [0.717, 1.165) is 5.57 Å². The van der Waals surface area contributed by atoms with Gasteiger partial charge in [-0.2, -0.15) is 0 Å². The third-order valence-corrected chi connectivity index (χ3v) is 1.02. The SMILES string of the molecule is C=C/C=C(\C=C/C)COC.CC. The third-order valence-electron chi connectivity index (χ3n) is 1.02. The third kappa shape index (κ3) is 9.18. The Labute approximate surface area is 76.4 Å². The fourth-order valence-corrected chi connectivity index (χ4v) is 0.684. The maximum atomic E-state index is 4.94. The van der Waals surface area contributed by atoms with Crippen molar-refractivity contribution in [3.8, 4) is 0 Å². The monoisotopic (exact) mass is 168 g/mol. The van der Waals surface area contributed by atoms with Crippen LogP contribution >= 0.6 is 0 Å². The van der Waals surface area contributed by atoms with Gasteiger partial charge >= 0.3 is 0 Å². The van der Waals surface area contributed by atoms with Crippen molar-refractivity contribution in [3.63, 3.8) is 0 Å². The molecule has 0 atom stereocenters. The zero-order valence-electron chi connectivity index (χ0n) is 8.63. The van der Waals surface area contributed by atoms with Gasteiger partial charge in [-0.3, -0.25) is 0 Å². The summed E-state index contributed by atoms with van der Waals surface area (Å²) in [6.45, 7) is 10.2. The van der Waals surface area contributed by atoms with Gasteiger partial charge < -0.3 is 4.74 Å². The Morgan fingerprint density at radius 2 is 2.00 bits per heavy atom. The zero-order chi connectivity index (χ0) is 9.82. The number of hydrogen-bond donors (Lipinski definition) is 0. The second-order valence-electron chi connectivity index (χ2n) is 1.91. The van der Waals surface area contributed by atoms with Crippen LogP contribution in [0.1, 0.15) is 20.8 Å². The first kappa shape index (κ1) is 13.7. The Hall–Kier alpha value is -0.820. The molecule has 0 aliphatic carbocycles. The standard InChI is InChI=1S/C9H14O.C2H6/c1-4-6-9(7-5-2)8-10-3;1-2/h4-7H,1,8H2,2-3H3;1-2H3/b7-5-,9-6+;. The van der Waals surface area contributed by atoms with Crippen molar-refractivity contribution < 1.29 is 4.74 Å². The lowest BCUT2D eigenvalue weighted by atomic mass is 10.2. The van der Waals surface area contributed by atoms with Gasteiger partial charge in [0.1, 0.15) is 0 Å². The quantitative estimate of drug-likeness (QED) is 0.585. The zero-order valence-corrected chi connectivity index (χ0v) is 8.63. The first-order valence-electron chi connectivity index (χ1n) is 4.28. The molecule has 0 fully saturated rings. The summed E-state index contributed by atoms with van der Waals surface area (Å²) >= 11 is 0. The summed E-state index contributed by atoms with van der Waals surface area (Å²) < 4.78 is 4.94. The van der Waals surface area contributed by atoms with Crippen molar-refractivity contribution in [2.75, 3.05) is 13.7 Å². The lowest BCUT2D eigenvalue weighted by Crippen LogP contribution is -1.89. The maximum absolute atomic E-state index is 4.94. The van der Waals surface area contributed by atoms with Crippen LogP contribution in [0.2, 0.25) is 0 Å². The Morgan fingerprint density at radius 3 is 2.33 bits per heavy atom. The van der Waals surface area contributed by atoms with Crippen molar-refractivity contribution >= 4 is 0 Å². The molecular formula is C11H20O. The van der Waals surface area contributed by atoms with E-state index in [1.807, 2.05) is 39.0 Å². The van der Waals surface area contributed by atoms with E-state index in [4.69, 9.17) is 4.74 Å². The highest BCUT2D eigenvalue weighted by Crippen LogP contribution is 1.96. The molecule has 12 heavy (non-hydrogen) atoms. The Morgan fingerprint density at radius 1 is 1.42 bits per heavy atom. The van der Waals surface area contributed by atoms with E-state index in [2.05, 4.69) is 6.58 Å². The second-order valence-corrected chi connectivity index (χ2v) is 1.91. The Balaban J connectivity index is 0. The van der Waals surface area contributed by atoms with Gasteiger partial charge in [0.2, 0.25) is 0 Å². The fraction of sp³-hybridized carbons (Fsp3) is 0.455. The van der Waals surface area contributed by atoms with Crippen molar-refractivity contribution in [1.82, 2.24) is 0 Å². The average Bonchev–Trinajstić information content (AvgIpc) is 2.10. The molecule has 0 rings (SSSR count). The summed E-state index contributed by atoms with van der Waals surface area (Å²) in [5, 5.41) is 0. The summed E-state index contributed by atoms with van der Waals surface area (Å²) in [5.41, 5.74) is 1.14. The molecule has 0 spiro atoms. The van der Waals surface area contributed by atoms with Crippen LogP contribution in [-0.4, -0.2) is 13.7 Å².